The number of hydrogen-bond donors (Lipinski definition) is 0. The van der Waals surface area contributed by atoms with Crippen molar-refractivity contribution < 1.29 is 14.3 Å². The van der Waals surface area contributed by atoms with Gasteiger partial charge in [-0.15, -0.1) is 0 Å². The third-order valence-electron chi connectivity index (χ3n) is 4.34. The molecule has 0 N–H and O–H groups in total. The van der Waals surface area contributed by atoms with Crippen molar-refractivity contribution >= 4 is 11.8 Å². The fourth-order valence-corrected chi connectivity index (χ4v) is 3.04. The van der Waals surface area contributed by atoms with Crippen LogP contribution >= 0.6 is 0 Å². The van der Waals surface area contributed by atoms with E-state index in [0.29, 0.717) is 32.7 Å². The average molecular weight is 302 g/mol. The van der Waals surface area contributed by atoms with Gasteiger partial charge in [-0.1, -0.05) is 30.3 Å². The number of carbonyl (C=O) groups is 2. The minimum atomic E-state index is -0.0732. The van der Waals surface area contributed by atoms with Crippen LogP contribution in [-0.2, 0) is 14.3 Å². The molecule has 0 unspecified atom stereocenters. The van der Waals surface area contributed by atoms with E-state index in [2.05, 4.69) is 0 Å². The molecule has 5 nitrogen and oxygen atoms in total. The molecule has 3 rings (SSSR count). The number of benzene rings is 1. The van der Waals surface area contributed by atoms with Crippen molar-refractivity contribution in [1.82, 2.24) is 9.80 Å². The van der Waals surface area contributed by atoms with E-state index in [-0.39, 0.29) is 24.5 Å². The van der Waals surface area contributed by atoms with Gasteiger partial charge in [-0.2, -0.15) is 0 Å². The standard InChI is InChI=1S/C17H22N2O3/c20-16-8-4-5-9-18(16)13-17(21)19-10-11-22-15(12-19)14-6-2-1-3-7-14/h1-3,6-7,15H,4-5,8-13H2/t15-/m1/s1. The Bertz CT molecular complexity index is 532. The topological polar surface area (TPSA) is 49.9 Å². The van der Waals surface area contributed by atoms with Crippen molar-refractivity contribution in [2.75, 3.05) is 32.8 Å². The summed E-state index contributed by atoms with van der Waals surface area (Å²) in [6, 6.07) is 9.97. The minimum Gasteiger partial charge on any atom is -0.370 e. The summed E-state index contributed by atoms with van der Waals surface area (Å²) in [6.45, 7) is 2.62. The second kappa shape index (κ2) is 6.92. The van der Waals surface area contributed by atoms with Crippen LogP contribution in [0.4, 0.5) is 0 Å². The number of piperidine rings is 1. The van der Waals surface area contributed by atoms with Crippen LogP contribution in [-0.4, -0.2) is 54.4 Å². The van der Waals surface area contributed by atoms with Crippen molar-refractivity contribution in [2.45, 2.75) is 25.4 Å². The number of nitrogens with zero attached hydrogens (tertiary/aromatic N) is 2. The zero-order chi connectivity index (χ0) is 15.4. The first-order chi connectivity index (χ1) is 10.7. The quantitative estimate of drug-likeness (QED) is 0.852. The normalized spacial score (nSPS) is 22.7. The summed E-state index contributed by atoms with van der Waals surface area (Å²) in [4.78, 5) is 27.8. The van der Waals surface area contributed by atoms with E-state index in [4.69, 9.17) is 4.74 Å². The lowest BCUT2D eigenvalue weighted by molar-refractivity contribution is -0.146. The molecule has 1 aromatic carbocycles. The first kappa shape index (κ1) is 15.0. The molecule has 0 bridgehead atoms. The summed E-state index contributed by atoms with van der Waals surface area (Å²) in [5.74, 6) is 0.131. The second-order valence-corrected chi connectivity index (χ2v) is 5.88. The fraction of sp³-hybridized carbons (Fsp3) is 0.529. The Morgan fingerprint density at radius 1 is 1.18 bits per heavy atom. The van der Waals surface area contributed by atoms with Crippen molar-refractivity contribution in [3.63, 3.8) is 0 Å². The predicted octanol–water partition coefficient (Wildman–Crippen LogP) is 1.60. The van der Waals surface area contributed by atoms with E-state index in [0.717, 1.165) is 18.4 Å². The smallest absolute Gasteiger partial charge is 0.242 e. The van der Waals surface area contributed by atoms with Crippen LogP contribution in [0.2, 0.25) is 0 Å². The molecule has 2 saturated heterocycles. The zero-order valence-electron chi connectivity index (χ0n) is 12.7. The van der Waals surface area contributed by atoms with Crippen molar-refractivity contribution in [1.29, 1.82) is 0 Å². The van der Waals surface area contributed by atoms with Gasteiger partial charge in [0.2, 0.25) is 11.8 Å². The number of rotatable bonds is 3. The lowest BCUT2D eigenvalue weighted by atomic mass is 10.1. The van der Waals surface area contributed by atoms with Crippen LogP contribution in [0, 0.1) is 0 Å². The van der Waals surface area contributed by atoms with Crippen molar-refractivity contribution in [2.24, 2.45) is 0 Å². The van der Waals surface area contributed by atoms with Crippen molar-refractivity contribution in [3.05, 3.63) is 35.9 Å². The highest BCUT2D eigenvalue weighted by Gasteiger charge is 2.28. The number of likely N-dealkylation sites (tertiary alicyclic amines) is 1. The van der Waals surface area contributed by atoms with E-state index < -0.39 is 0 Å². The summed E-state index contributed by atoms with van der Waals surface area (Å²) in [7, 11) is 0. The van der Waals surface area contributed by atoms with Gasteiger partial charge in [-0.05, 0) is 18.4 Å². The Morgan fingerprint density at radius 3 is 2.77 bits per heavy atom. The van der Waals surface area contributed by atoms with E-state index in [1.54, 1.807) is 4.90 Å². The molecule has 1 aromatic rings. The van der Waals surface area contributed by atoms with E-state index >= 15 is 0 Å². The number of ether oxygens (including phenoxy) is 1. The molecule has 118 valence electrons. The minimum absolute atomic E-state index is 0.0273. The molecule has 0 aliphatic carbocycles. The molecule has 2 fully saturated rings. The van der Waals surface area contributed by atoms with Gasteiger partial charge in [0.05, 0.1) is 19.7 Å². The first-order valence-electron chi connectivity index (χ1n) is 7.96. The van der Waals surface area contributed by atoms with Gasteiger partial charge in [0.25, 0.3) is 0 Å². The molecule has 2 aliphatic rings. The van der Waals surface area contributed by atoms with Crippen LogP contribution < -0.4 is 0 Å². The zero-order valence-corrected chi connectivity index (χ0v) is 12.7. The highest BCUT2D eigenvalue weighted by Crippen LogP contribution is 2.22. The molecule has 0 aromatic heterocycles. The SMILES string of the molecule is O=C1CCCCN1CC(=O)N1CCO[C@@H](c2ccccc2)C1. The van der Waals surface area contributed by atoms with E-state index in [9.17, 15) is 9.59 Å². The fourth-order valence-electron chi connectivity index (χ4n) is 3.04. The molecule has 0 saturated carbocycles. The summed E-state index contributed by atoms with van der Waals surface area (Å²) in [5, 5.41) is 0. The summed E-state index contributed by atoms with van der Waals surface area (Å²) >= 11 is 0. The van der Waals surface area contributed by atoms with Gasteiger partial charge in [0.1, 0.15) is 6.10 Å². The van der Waals surface area contributed by atoms with Crippen molar-refractivity contribution in [3.8, 4) is 0 Å². The molecular formula is C17H22N2O3. The third-order valence-corrected chi connectivity index (χ3v) is 4.34. The van der Waals surface area contributed by atoms with Gasteiger partial charge in [-0.3, -0.25) is 9.59 Å². The summed E-state index contributed by atoms with van der Waals surface area (Å²) < 4.78 is 5.78. The van der Waals surface area contributed by atoms with Crippen LogP contribution in [0.3, 0.4) is 0 Å². The Morgan fingerprint density at radius 2 is 2.00 bits per heavy atom. The van der Waals surface area contributed by atoms with Gasteiger partial charge < -0.3 is 14.5 Å². The summed E-state index contributed by atoms with van der Waals surface area (Å²) in [6.07, 6.45) is 2.44. The van der Waals surface area contributed by atoms with Crippen LogP contribution in [0.1, 0.15) is 30.9 Å². The Labute approximate surface area is 130 Å². The monoisotopic (exact) mass is 302 g/mol. The highest BCUT2D eigenvalue weighted by atomic mass is 16.5. The van der Waals surface area contributed by atoms with Crippen LogP contribution in [0.15, 0.2) is 30.3 Å². The molecule has 0 radical (unpaired) electrons. The molecule has 22 heavy (non-hydrogen) atoms. The second-order valence-electron chi connectivity index (χ2n) is 5.88. The Kier molecular flexibility index (Phi) is 4.73. The number of amides is 2. The molecule has 2 heterocycles. The van der Waals surface area contributed by atoms with Gasteiger partial charge in [0.15, 0.2) is 0 Å². The number of morpholine rings is 1. The third kappa shape index (κ3) is 3.47. The van der Waals surface area contributed by atoms with Gasteiger partial charge in [0, 0.05) is 19.5 Å². The predicted molar refractivity (Wildman–Crippen MR) is 82.1 cm³/mol. The van der Waals surface area contributed by atoms with Crippen LogP contribution in [0.25, 0.3) is 0 Å². The van der Waals surface area contributed by atoms with E-state index in [1.165, 1.54) is 0 Å². The molecule has 2 aliphatic heterocycles. The largest absolute Gasteiger partial charge is 0.370 e. The Balaban J connectivity index is 1.59. The van der Waals surface area contributed by atoms with Gasteiger partial charge >= 0.3 is 0 Å². The lowest BCUT2D eigenvalue weighted by Crippen LogP contribution is -2.48. The highest BCUT2D eigenvalue weighted by molar-refractivity contribution is 5.85. The maximum absolute atomic E-state index is 12.5. The maximum atomic E-state index is 12.5. The number of hydrogen-bond acceptors (Lipinski definition) is 3. The summed E-state index contributed by atoms with van der Waals surface area (Å²) in [5.41, 5.74) is 1.09. The average Bonchev–Trinajstić information content (AvgIpc) is 2.58. The maximum Gasteiger partial charge on any atom is 0.242 e. The van der Waals surface area contributed by atoms with E-state index in [1.807, 2.05) is 35.2 Å². The first-order valence-corrected chi connectivity index (χ1v) is 7.96. The Hall–Kier alpha value is -1.88. The molecule has 0 spiro atoms. The molecule has 2 amide bonds. The lowest BCUT2D eigenvalue weighted by Gasteiger charge is -2.35. The molecule has 1 atom stereocenters. The molecular weight excluding hydrogens is 280 g/mol. The molecule has 5 heteroatoms. The van der Waals surface area contributed by atoms with Crippen LogP contribution in [0.5, 0.6) is 0 Å². The van der Waals surface area contributed by atoms with Gasteiger partial charge in [-0.25, -0.2) is 0 Å². The number of carbonyl (C=O) groups excluding carboxylic acids is 2.